The molecule has 3 aromatic heterocycles. The molecule has 0 bridgehead atoms. The Morgan fingerprint density at radius 1 is 1.07 bits per heavy atom. The highest BCUT2D eigenvalue weighted by Gasteiger charge is 2.17. The quantitative estimate of drug-likeness (QED) is 0.657. The number of nitrogens with zero attached hydrogens (tertiary/aromatic N) is 5. The molecule has 0 unspecified atom stereocenters. The zero-order valence-electron chi connectivity index (χ0n) is 17.1. The Balaban J connectivity index is 1.51. The van der Waals surface area contributed by atoms with Crippen molar-refractivity contribution in [3.8, 4) is 22.1 Å². The normalized spacial score (nSPS) is 15.6. The molecule has 156 valence electrons. The predicted molar refractivity (Wildman–Crippen MR) is 120 cm³/mol. The van der Waals surface area contributed by atoms with Crippen LogP contribution in [0.15, 0.2) is 48.0 Å². The van der Waals surface area contributed by atoms with Crippen LogP contribution in [0.4, 0.5) is 5.82 Å². The van der Waals surface area contributed by atoms with E-state index in [4.69, 9.17) is 0 Å². The van der Waals surface area contributed by atoms with E-state index in [2.05, 4.69) is 37.0 Å². The first-order valence-electron chi connectivity index (χ1n) is 10.3. The number of anilines is 1. The summed E-state index contributed by atoms with van der Waals surface area (Å²) in [5.41, 5.74) is 1.44. The molecule has 4 rings (SSSR count). The minimum Gasteiger partial charge on any atom is -0.309 e. The number of amides is 1. The van der Waals surface area contributed by atoms with Crippen LogP contribution in [-0.2, 0) is 4.79 Å². The number of likely N-dealkylation sites (N-methyl/N-ethyl adjacent to an activating group) is 1. The summed E-state index contributed by atoms with van der Waals surface area (Å²) in [5.74, 6) is 1.05. The second kappa shape index (κ2) is 9.88. The molecular formula is C22H26N6OS. The zero-order valence-corrected chi connectivity index (χ0v) is 17.9. The van der Waals surface area contributed by atoms with Crippen molar-refractivity contribution >= 4 is 23.1 Å². The van der Waals surface area contributed by atoms with Gasteiger partial charge in [-0.3, -0.25) is 14.7 Å². The third-order valence-electron chi connectivity index (χ3n) is 5.16. The molecule has 7 nitrogen and oxygen atoms in total. The first-order valence-corrected chi connectivity index (χ1v) is 11.2. The van der Waals surface area contributed by atoms with Crippen LogP contribution in [0.1, 0.15) is 13.3 Å². The smallest absolute Gasteiger partial charge is 0.239 e. The second-order valence-corrected chi connectivity index (χ2v) is 8.21. The first kappa shape index (κ1) is 20.6. The summed E-state index contributed by atoms with van der Waals surface area (Å²) in [6, 6.07) is 11.4. The van der Waals surface area contributed by atoms with Crippen LogP contribution < -0.4 is 5.32 Å². The van der Waals surface area contributed by atoms with Crippen molar-refractivity contribution in [3.05, 3.63) is 48.0 Å². The van der Waals surface area contributed by atoms with Gasteiger partial charge < -0.3 is 10.2 Å². The number of thiophene rings is 1. The first-order chi connectivity index (χ1) is 14.7. The number of pyridine rings is 1. The monoisotopic (exact) mass is 422 g/mol. The summed E-state index contributed by atoms with van der Waals surface area (Å²) >= 11 is 1.57. The van der Waals surface area contributed by atoms with Gasteiger partial charge in [0.2, 0.25) is 5.91 Å². The molecule has 1 saturated heterocycles. The summed E-state index contributed by atoms with van der Waals surface area (Å²) in [5, 5.41) is 4.97. The minimum absolute atomic E-state index is 0.0530. The standard InChI is InChI=1S/C22H26N6OS/c1-2-27-10-6-11-28(13-12-27)16-21(29)25-20-15-18(17-7-3-4-9-23-17)24-22(26-20)19-8-5-14-30-19/h3-5,7-9,14-15H,2,6,10-13,16H2,1H3,(H,24,25,26,29). The van der Waals surface area contributed by atoms with Crippen LogP contribution in [0, 0.1) is 0 Å². The molecule has 1 fully saturated rings. The molecule has 1 N–H and O–H groups in total. The van der Waals surface area contributed by atoms with E-state index in [0.29, 0.717) is 23.9 Å². The molecule has 30 heavy (non-hydrogen) atoms. The van der Waals surface area contributed by atoms with Crippen LogP contribution in [0.3, 0.4) is 0 Å². The van der Waals surface area contributed by atoms with E-state index < -0.39 is 0 Å². The lowest BCUT2D eigenvalue weighted by molar-refractivity contribution is -0.117. The molecular weight excluding hydrogens is 396 g/mol. The van der Waals surface area contributed by atoms with E-state index >= 15 is 0 Å². The molecule has 8 heteroatoms. The molecule has 0 spiro atoms. The summed E-state index contributed by atoms with van der Waals surface area (Å²) in [7, 11) is 0. The van der Waals surface area contributed by atoms with Crippen LogP contribution in [-0.4, -0.2) is 69.9 Å². The maximum absolute atomic E-state index is 12.7. The van der Waals surface area contributed by atoms with E-state index in [9.17, 15) is 4.79 Å². The fourth-order valence-corrected chi connectivity index (χ4v) is 4.21. The Labute approximate surface area is 180 Å². The number of hydrogen-bond donors (Lipinski definition) is 1. The molecule has 0 atom stereocenters. The Kier molecular flexibility index (Phi) is 6.78. The van der Waals surface area contributed by atoms with Crippen LogP contribution in [0.2, 0.25) is 0 Å². The highest BCUT2D eigenvalue weighted by molar-refractivity contribution is 7.13. The van der Waals surface area contributed by atoms with Gasteiger partial charge in [-0.25, -0.2) is 9.97 Å². The fourth-order valence-electron chi connectivity index (χ4n) is 3.56. The van der Waals surface area contributed by atoms with Gasteiger partial charge in [-0.05, 0) is 49.6 Å². The Bertz CT molecular complexity index is 963. The average Bonchev–Trinajstić information content (AvgIpc) is 3.22. The van der Waals surface area contributed by atoms with Gasteiger partial charge in [-0.1, -0.05) is 19.1 Å². The molecule has 1 aliphatic rings. The van der Waals surface area contributed by atoms with Crippen molar-refractivity contribution in [2.75, 3.05) is 44.6 Å². The van der Waals surface area contributed by atoms with E-state index in [1.165, 1.54) is 0 Å². The molecule has 1 aliphatic heterocycles. The maximum Gasteiger partial charge on any atom is 0.239 e. The lowest BCUT2D eigenvalue weighted by atomic mass is 10.2. The third kappa shape index (κ3) is 5.27. The molecule has 0 saturated carbocycles. The van der Waals surface area contributed by atoms with E-state index in [1.807, 2.05) is 35.7 Å². The van der Waals surface area contributed by atoms with Crippen LogP contribution in [0.5, 0.6) is 0 Å². The topological polar surface area (TPSA) is 74.2 Å². The van der Waals surface area contributed by atoms with Gasteiger partial charge in [0.1, 0.15) is 5.82 Å². The predicted octanol–water partition coefficient (Wildman–Crippen LogP) is 3.23. The van der Waals surface area contributed by atoms with Crippen LogP contribution in [0.25, 0.3) is 22.1 Å². The third-order valence-corrected chi connectivity index (χ3v) is 6.02. The molecule has 0 aliphatic carbocycles. The molecule has 3 aromatic rings. The number of hydrogen-bond acceptors (Lipinski definition) is 7. The summed E-state index contributed by atoms with van der Waals surface area (Å²) in [4.78, 5) is 32.0. The van der Waals surface area contributed by atoms with Crippen LogP contribution >= 0.6 is 11.3 Å². The van der Waals surface area contributed by atoms with Gasteiger partial charge in [0.25, 0.3) is 0 Å². The van der Waals surface area contributed by atoms with Gasteiger partial charge in [0, 0.05) is 25.4 Å². The maximum atomic E-state index is 12.7. The van der Waals surface area contributed by atoms with Crippen molar-refractivity contribution in [1.29, 1.82) is 0 Å². The van der Waals surface area contributed by atoms with E-state index in [-0.39, 0.29) is 5.91 Å². The lowest BCUT2D eigenvalue weighted by Gasteiger charge is -2.20. The number of carbonyl (C=O) groups excluding carboxylic acids is 1. The summed E-state index contributed by atoms with van der Waals surface area (Å²) in [6.45, 7) is 7.55. The Hall–Kier alpha value is -2.68. The average molecular weight is 423 g/mol. The van der Waals surface area contributed by atoms with E-state index in [0.717, 1.165) is 49.7 Å². The van der Waals surface area contributed by atoms with Gasteiger partial charge in [0.05, 0.1) is 22.8 Å². The van der Waals surface area contributed by atoms with Gasteiger partial charge in [-0.15, -0.1) is 11.3 Å². The molecule has 1 amide bonds. The largest absolute Gasteiger partial charge is 0.309 e. The van der Waals surface area contributed by atoms with Crippen molar-refractivity contribution < 1.29 is 4.79 Å². The van der Waals surface area contributed by atoms with Crippen molar-refractivity contribution in [2.24, 2.45) is 0 Å². The van der Waals surface area contributed by atoms with E-state index in [1.54, 1.807) is 23.6 Å². The lowest BCUT2D eigenvalue weighted by Crippen LogP contribution is -2.36. The highest BCUT2D eigenvalue weighted by Crippen LogP contribution is 2.26. The fraction of sp³-hybridized carbons (Fsp3) is 0.364. The summed E-state index contributed by atoms with van der Waals surface area (Å²) < 4.78 is 0. The number of nitrogens with one attached hydrogen (secondary N) is 1. The Morgan fingerprint density at radius 2 is 1.93 bits per heavy atom. The minimum atomic E-state index is -0.0530. The highest BCUT2D eigenvalue weighted by atomic mass is 32.1. The zero-order chi connectivity index (χ0) is 20.8. The van der Waals surface area contributed by atoms with Crippen molar-refractivity contribution in [3.63, 3.8) is 0 Å². The van der Waals surface area contributed by atoms with Crippen molar-refractivity contribution in [1.82, 2.24) is 24.8 Å². The molecule has 0 aromatic carbocycles. The number of rotatable bonds is 6. The Morgan fingerprint density at radius 3 is 2.70 bits per heavy atom. The molecule has 4 heterocycles. The summed E-state index contributed by atoms with van der Waals surface area (Å²) in [6.07, 6.45) is 2.82. The van der Waals surface area contributed by atoms with Gasteiger partial charge in [-0.2, -0.15) is 0 Å². The number of carbonyl (C=O) groups is 1. The molecule has 0 radical (unpaired) electrons. The van der Waals surface area contributed by atoms with Gasteiger partial charge >= 0.3 is 0 Å². The van der Waals surface area contributed by atoms with Crippen molar-refractivity contribution in [2.45, 2.75) is 13.3 Å². The SMILES string of the molecule is CCN1CCCN(CC(=O)Nc2cc(-c3ccccn3)nc(-c3cccs3)n2)CC1. The second-order valence-electron chi connectivity index (χ2n) is 7.27. The number of aromatic nitrogens is 3. The van der Waals surface area contributed by atoms with Gasteiger partial charge in [0.15, 0.2) is 5.82 Å².